The van der Waals surface area contributed by atoms with Gasteiger partial charge in [-0.3, -0.25) is 4.72 Å². The molecule has 1 aromatic heterocycles. The molecule has 1 unspecified atom stereocenters. The van der Waals surface area contributed by atoms with Crippen molar-refractivity contribution in [3.63, 3.8) is 0 Å². The van der Waals surface area contributed by atoms with E-state index in [0.29, 0.717) is 24.7 Å². The van der Waals surface area contributed by atoms with E-state index in [1.807, 2.05) is 6.92 Å². The van der Waals surface area contributed by atoms with Crippen molar-refractivity contribution in [3.05, 3.63) is 22.4 Å². The second-order valence-corrected chi connectivity index (χ2v) is 7.47. The summed E-state index contributed by atoms with van der Waals surface area (Å²) in [5, 5.41) is 0. The van der Waals surface area contributed by atoms with Gasteiger partial charge in [0.1, 0.15) is 4.60 Å². The summed E-state index contributed by atoms with van der Waals surface area (Å²) < 4.78 is 29.4. The molecule has 106 valence electrons. The first-order chi connectivity index (χ1) is 8.88. The van der Waals surface area contributed by atoms with E-state index in [-0.39, 0.29) is 0 Å². The van der Waals surface area contributed by atoms with Crippen LogP contribution in [0.15, 0.2) is 16.9 Å². The van der Waals surface area contributed by atoms with Gasteiger partial charge in [-0.05, 0) is 53.2 Å². The summed E-state index contributed by atoms with van der Waals surface area (Å²) in [6, 6.07) is 1.77. The largest absolute Gasteiger partial charge is 0.301 e. The zero-order valence-electron chi connectivity index (χ0n) is 11.1. The lowest BCUT2D eigenvalue weighted by Gasteiger charge is -2.30. The van der Waals surface area contributed by atoms with Crippen LogP contribution < -0.4 is 4.72 Å². The van der Waals surface area contributed by atoms with Gasteiger partial charge >= 0.3 is 10.2 Å². The Morgan fingerprint density at radius 3 is 2.89 bits per heavy atom. The van der Waals surface area contributed by atoms with Gasteiger partial charge in [-0.1, -0.05) is 6.92 Å². The van der Waals surface area contributed by atoms with Crippen molar-refractivity contribution >= 4 is 31.8 Å². The molecule has 0 bridgehead atoms. The van der Waals surface area contributed by atoms with Gasteiger partial charge in [0.15, 0.2) is 0 Å². The molecule has 0 radical (unpaired) electrons. The molecule has 0 spiro atoms. The summed E-state index contributed by atoms with van der Waals surface area (Å²) in [7, 11) is -3.47. The highest BCUT2D eigenvalue weighted by atomic mass is 79.9. The Morgan fingerprint density at radius 2 is 2.26 bits per heavy atom. The Labute approximate surface area is 122 Å². The molecule has 1 aliphatic heterocycles. The highest BCUT2D eigenvalue weighted by molar-refractivity contribution is 9.10. The Bertz CT molecular complexity index is 562. The van der Waals surface area contributed by atoms with E-state index >= 15 is 0 Å². The molecule has 1 atom stereocenters. The van der Waals surface area contributed by atoms with E-state index in [1.54, 1.807) is 6.07 Å². The number of nitrogens with zero attached hydrogens (tertiary/aromatic N) is 2. The predicted octanol–water partition coefficient (Wildman–Crippen LogP) is 2.54. The van der Waals surface area contributed by atoms with Crippen LogP contribution in [0.1, 0.15) is 25.3 Å². The Kier molecular flexibility index (Phi) is 4.47. The van der Waals surface area contributed by atoms with Crippen LogP contribution in [-0.4, -0.2) is 30.8 Å². The summed E-state index contributed by atoms with van der Waals surface area (Å²) in [5.41, 5.74) is 1.39. The standard InChI is InChI=1S/C12H18BrN3O2S/c1-9-4-3-5-16(8-9)19(17,18)15-11-6-10(2)12(13)14-7-11/h6-7,9,15H,3-5,8H2,1-2H3. The molecular weight excluding hydrogens is 330 g/mol. The number of nitrogens with one attached hydrogen (secondary N) is 1. The lowest BCUT2D eigenvalue weighted by Crippen LogP contribution is -2.42. The maximum Gasteiger partial charge on any atom is 0.301 e. The average molecular weight is 348 g/mol. The van der Waals surface area contributed by atoms with E-state index in [9.17, 15) is 8.42 Å². The fourth-order valence-electron chi connectivity index (χ4n) is 2.19. The molecule has 1 fully saturated rings. The van der Waals surface area contributed by atoms with Gasteiger partial charge in [-0.15, -0.1) is 0 Å². The van der Waals surface area contributed by atoms with Crippen LogP contribution in [-0.2, 0) is 10.2 Å². The Hall–Kier alpha value is -0.660. The number of hydrogen-bond acceptors (Lipinski definition) is 3. The van der Waals surface area contributed by atoms with Crippen molar-refractivity contribution in [1.29, 1.82) is 0 Å². The maximum absolute atomic E-state index is 12.3. The molecule has 0 aromatic carbocycles. The SMILES string of the molecule is Cc1cc(NS(=O)(=O)N2CCCC(C)C2)cnc1Br. The van der Waals surface area contributed by atoms with E-state index in [2.05, 4.69) is 32.6 Å². The number of aromatic nitrogens is 1. The van der Waals surface area contributed by atoms with Crippen LogP contribution in [0.4, 0.5) is 5.69 Å². The zero-order chi connectivity index (χ0) is 14.0. The van der Waals surface area contributed by atoms with Gasteiger partial charge in [-0.2, -0.15) is 12.7 Å². The lowest BCUT2D eigenvalue weighted by atomic mass is 10.0. The molecule has 7 heteroatoms. The summed E-state index contributed by atoms with van der Waals surface area (Å²) in [5.74, 6) is 0.412. The topological polar surface area (TPSA) is 62.3 Å². The van der Waals surface area contributed by atoms with E-state index in [4.69, 9.17) is 0 Å². The second-order valence-electron chi connectivity index (χ2n) is 5.04. The number of halogens is 1. The third kappa shape index (κ3) is 3.67. The van der Waals surface area contributed by atoms with Crippen molar-refractivity contribution in [1.82, 2.24) is 9.29 Å². The highest BCUT2D eigenvalue weighted by Gasteiger charge is 2.27. The number of anilines is 1. The van der Waals surface area contributed by atoms with Crippen LogP contribution >= 0.6 is 15.9 Å². The minimum absolute atomic E-state index is 0.412. The summed E-state index contributed by atoms with van der Waals surface area (Å²) in [4.78, 5) is 4.09. The summed E-state index contributed by atoms with van der Waals surface area (Å²) in [6.07, 6.45) is 3.52. The maximum atomic E-state index is 12.3. The normalized spacial score (nSPS) is 21.3. The van der Waals surface area contributed by atoms with Gasteiger partial charge < -0.3 is 0 Å². The van der Waals surface area contributed by atoms with E-state index < -0.39 is 10.2 Å². The molecule has 0 saturated carbocycles. The fraction of sp³-hybridized carbons (Fsp3) is 0.583. The molecule has 1 N–H and O–H groups in total. The predicted molar refractivity (Wildman–Crippen MR) is 79.2 cm³/mol. The number of aryl methyl sites for hydroxylation is 1. The molecular formula is C12H18BrN3O2S. The van der Waals surface area contributed by atoms with Gasteiger partial charge in [0.05, 0.1) is 11.9 Å². The molecule has 1 aliphatic rings. The molecule has 0 aliphatic carbocycles. The van der Waals surface area contributed by atoms with Crippen molar-refractivity contribution in [3.8, 4) is 0 Å². The van der Waals surface area contributed by atoms with Crippen LogP contribution in [0.2, 0.25) is 0 Å². The van der Waals surface area contributed by atoms with Gasteiger partial charge in [0, 0.05) is 13.1 Å². The smallest absolute Gasteiger partial charge is 0.269 e. The highest BCUT2D eigenvalue weighted by Crippen LogP contribution is 2.21. The molecule has 2 heterocycles. The quantitative estimate of drug-likeness (QED) is 0.854. The third-order valence-corrected chi connectivity index (χ3v) is 5.56. The third-order valence-electron chi connectivity index (χ3n) is 3.22. The average Bonchev–Trinajstić information content (AvgIpc) is 2.33. The number of rotatable bonds is 3. The molecule has 0 amide bonds. The number of hydrogen-bond donors (Lipinski definition) is 1. The number of piperidine rings is 1. The first-order valence-electron chi connectivity index (χ1n) is 6.28. The fourth-order valence-corrected chi connectivity index (χ4v) is 3.77. The number of pyridine rings is 1. The molecule has 1 aromatic rings. The van der Waals surface area contributed by atoms with Crippen LogP contribution in [0.3, 0.4) is 0 Å². The van der Waals surface area contributed by atoms with Gasteiger partial charge in [-0.25, -0.2) is 4.98 Å². The minimum Gasteiger partial charge on any atom is -0.269 e. The molecule has 19 heavy (non-hydrogen) atoms. The van der Waals surface area contributed by atoms with Gasteiger partial charge in [0.25, 0.3) is 0 Å². The van der Waals surface area contributed by atoms with E-state index in [0.717, 1.165) is 23.0 Å². The summed E-state index contributed by atoms with van der Waals surface area (Å²) in [6.45, 7) is 5.12. The summed E-state index contributed by atoms with van der Waals surface area (Å²) >= 11 is 3.29. The van der Waals surface area contributed by atoms with Gasteiger partial charge in [0.2, 0.25) is 0 Å². The van der Waals surface area contributed by atoms with Crippen molar-refractivity contribution in [2.45, 2.75) is 26.7 Å². The molecule has 2 rings (SSSR count). The van der Waals surface area contributed by atoms with E-state index in [1.165, 1.54) is 10.5 Å². The Balaban J connectivity index is 2.14. The second kappa shape index (κ2) is 5.76. The van der Waals surface area contributed by atoms with Crippen LogP contribution in [0.25, 0.3) is 0 Å². The zero-order valence-corrected chi connectivity index (χ0v) is 13.5. The van der Waals surface area contributed by atoms with Crippen LogP contribution in [0.5, 0.6) is 0 Å². The Morgan fingerprint density at radius 1 is 1.53 bits per heavy atom. The monoisotopic (exact) mass is 347 g/mol. The lowest BCUT2D eigenvalue weighted by molar-refractivity contribution is 0.282. The first-order valence-corrected chi connectivity index (χ1v) is 8.52. The molecule has 1 saturated heterocycles. The van der Waals surface area contributed by atoms with Crippen molar-refractivity contribution in [2.24, 2.45) is 5.92 Å². The van der Waals surface area contributed by atoms with Crippen molar-refractivity contribution in [2.75, 3.05) is 17.8 Å². The molecule has 5 nitrogen and oxygen atoms in total. The van der Waals surface area contributed by atoms with Crippen molar-refractivity contribution < 1.29 is 8.42 Å². The minimum atomic E-state index is -3.47. The van der Waals surface area contributed by atoms with Crippen LogP contribution in [0, 0.1) is 12.8 Å². The first kappa shape index (κ1) is 14.7.